The first kappa shape index (κ1) is 23.7. The van der Waals surface area contributed by atoms with Gasteiger partial charge in [0.15, 0.2) is 5.13 Å². The zero-order valence-electron chi connectivity index (χ0n) is 19.3. The zero-order chi connectivity index (χ0) is 25.1. The van der Waals surface area contributed by atoms with Gasteiger partial charge in [0.25, 0.3) is 5.91 Å². The molecule has 36 heavy (non-hydrogen) atoms. The van der Waals surface area contributed by atoms with Gasteiger partial charge in [-0.2, -0.15) is 0 Å². The summed E-state index contributed by atoms with van der Waals surface area (Å²) in [5.41, 5.74) is 1.92. The van der Waals surface area contributed by atoms with Crippen molar-refractivity contribution in [3.8, 4) is 0 Å². The van der Waals surface area contributed by atoms with Gasteiger partial charge in [-0.25, -0.2) is 14.7 Å². The van der Waals surface area contributed by atoms with Crippen LogP contribution in [0.25, 0.3) is 0 Å². The van der Waals surface area contributed by atoms with E-state index in [9.17, 15) is 19.2 Å². The summed E-state index contributed by atoms with van der Waals surface area (Å²) < 4.78 is 5.36. The molecule has 1 saturated carbocycles. The number of thiazole rings is 1. The lowest BCUT2D eigenvalue weighted by Crippen LogP contribution is -2.48. The maximum absolute atomic E-state index is 13.8. The van der Waals surface area contributed by atoms with E-state index in [1.807, 2.05) is 30.3 Å². The van der Waals surface area contributed by atoms with Gasteiger partial charge in [-0.1, -0.05) is 30.3 Å². The van der Waals surface area contributed by atoms with Crippen LogP contribution >= 0.6 is 11.3 Å². The van der Waals surface area contributed by atoms with Crippen LogP contribution in [0, 0.1) is 5.92 Å². The number of carbonyl (C=O) groups is 4. The molecule has 1 aliphatic carbocycles. The molecule has 5 rings (SSSR count). The van der Waals surface area contributed by atoms with Crippen molar-refractivity contribution in [1.29, 1.82) is 0 Å². The van der Waals surface area contributed by atoms with Gasteiger partial charge in [0, 0.05) is 29.6 Å². The molecule has 1 unspecified atom stereocenters. The van der Waals surface area contributed by atoms with Crippen LogP contribution in [-0.4, -0.2) is 39.7 Å². The maximum Gasteiger partial charge on any atom is 0.417 e. The number of imide groups is 1. The molecule has 1 N–H and O–H groups in total. The van der Waals surface area contributed by atoms with E-state index in [-0.39, 0.29) is 31.3 Å². The minimum Gasteiger partial charge on any atom is -0.444 e. The fourth-order valence-corrected chi connectivity index (χ4v) is 4.69. The summed E-state index contributed by atoms with van der Waals surface area (Å²) >= 11 is 1.26. The molecule has 3 aromatic rings. The van der Waals surface area contributed by atoms with Crippen molar-refractivity contribution in [1.82, 2.24) is 9.88 Å². The molecule has 10 heteroatoms. The summed E-state index contributed by atoms with van der Waals surface area (Å²) in [6.45, 7) is -0.00536. The number of anilines is 3. The SMILES string of the molecule is O=C(Nc1ccc(N(C(=O)C2CCC(=O)N2C(=O)OCc2ccccc2)c2nccs2)cc1)C1CC1. The predicted octanol–water partition coefficient (Wildman–Crippen LogP) is 4.48. The molecule has 1 aromatic heterocycles. The van der Waals surface area contributed by atoms with Crippen LogP contribution in [0.2, 0.25) is 0 Å². The summed E-state index contributed by atoms with van der Waals surface area (Å²) in [5.74, 6) is -0.846. The number of nitrogens with zero attached hydrogens (tertiary/aromatic N) is 3. The molecule has 4 amide bonds. The Morgan fingerprint density at radius 2 is 1.81 bits per heavy atom. The number of benzene rings is 2. The average molecular weight is 505 g/mol. The summed E-state index contributed by atoms with van der Waals surface area (Å²) in [5, 5.41) is 5.03. The second-order valence-corrected chi connectivity index (χ2v) is 9.53. The second-order valence-electron chi connectivity index (χ2n) is 8.66. The normalized spacial score (nSPS) is 17.1. The van der Waals surface area contributed by atoms with Crippen molar-refractivity contribution in [2.75, 3.05) is 10.2 Å². The molecule has 2 heterocycles. The van der Waals surface area contributed by atoms with Crippen LogP contribution in [-0.2, 0) is 25.7 Å². The van der Waals surface area contributed by atoms with Crippen molar-refractivity contribution >= 4 is 51.7 Å². The molecule has 0 bridgehead atoms. The number of ether oxygens (including phenoxy) is 1. The number of likely N-dealkylation sites (tertiary alicyclic amines) is 1. The van der Waals surface area contributed by atoms with Crippen LogP contribution in [0.1, 0.15) is 31.2 Å². The number of rotatable bonds is 7. The molecule has 2 aromatic carbocycles. The van der Waals surface area contributed by atoms with Crippen molar-refractivity contribution in [3.05, 3.63) is 71.7 Å². The zero-order valence-corrected chi connectivity index (χ0v) is 20.1. The third kappa shape index (κ3) is 5.13. The van der Waals surface area contributed by atoms with Crippen molar-refractivity contribution in [2.45, 2.75) is 38.3 Å². The van der Waals surface area contributed by atoms with Gasteiger partial charge in [0.1, 0.15) is 12.6 Å². The van der Waals surface area contributed by atoms with E-state index in [1.165, 1.54) is 16.2 Å². The van der Waals surface area contributed by atoms with Crippen LogP contribution in [0.3, 0.4) is 0 Å². The topological polar surface area (TPSA) is 109 Å². The first-order chi connectivity index (χ1) is 17.5. The molecule has 0 spiro atoms. The van der Waals surface area contributed by atoms with E-state index in [0.717, 1.165) is 23.3 Å². The number of aromatic nitrogens is 1. The quantitative estimate of drug-likeness (QED) is 0.508. The molecule has 2 fully saturated rings. The first-order valence-corrected chi connectivity index (χ1v) is 12.6. The van der Waals surface area contributed by atoms with E-state index in [0.29, 0.717) is 16.5 Å². The minimum absolute atomic E-state index is 0.00536. The highest BCUT2D eigenvalue weighted by atomic mass is 32.1. The van der Waals surface area contributed by atoms with Gasteiger partial charge < -0.3 is 10.1 Å². The molecule has 1 aliphatic heterocycles. The molecule has 9 nitrogen and oxygen atoms in total. The summed E-state index contributed by atoms with van der Waals surface area (Å²) in [7, 11) is 0. The Balaban J connectivity index is 1.35. The molecule has 1 saturated heterocycles. The van der Waals surface area contributed by atoms with Crippen molar-refractivity contribution in [2.24, 2.45) is 5.92 Å². The Labute approximate surface area is 211 Å². The van der Waals surface area contributed by atoms with Gasteiger partial charge in [0.2, 0.25) is 11.8 Å². The Bertz CT molecular complexity index is 1260. The lowest BCUT2D eigenvalue weighted by molar-refractivity contribution is -0.132. The number of hydrogen-bond donors (Lipinski definition) is 1. The van der Waals surface area contributed by atoms with Crippen LogP contribution in [0.15, 0.2) is 66.2 Å². The standard InChI is InChI=1S/C26H24N4O5S/c31-22-13-12-21(30(22)26(34)35-16-17-4-2-1-3-5-17)24(33)29(25-27-14-15-36-25)20-10-8-19(9-11-20)28-23(32)18-6-7-18/h1-5,8-11,14-15,18,21H,6-7,12-13,16H2,(H,28,32). The Morgan fingerprint density at radius 3 is 2.47 bits per heavy atom. The van der Waals surface area contributed by atoms with Gasteiger partial charge in [-0.3, -0.25) is 19.3 Å². The molecule has 0 radical (unpaired) electrons. The number of nitrogens with one attached hydrogen (secondary N) is 1. The number of hydrogen-bond acceptors (Lipinski definition) is 7. The number of amides is 4. The smallest absolute Gasteiger partial charge is 0.417 e. The summed E-state index contributed by atoms with van der Waals surface area (Å²) in [4.78, 5) is 57.9. The van der Waals surface area contributed by atoms with E-state index >= 15 is 0 Å². The van der Waals surface area contributed by atoms with Crippen LogP contribution < -0.4 is 10.2 Å². The van der Waals surface area contributed by atoms with E-state index in [2.05, 4.69) is 10.3 Å². The molecular weight excluding hydrogens is 480 g/mol. The highest BCUT2D eigenvalue weighted by Gasteiger charge is 2.44. The third-order valence-electron chi connectivity index (χ3n) is 6.07. The molecule has 1 atom stereocenters. The Morgan fingerprint density at radius 1 is 1.06 bits per heavy atom. The maximum atomic E-state index is 13.8. The van der Waals surface area contributed by atoms with Crippen molar-refractivity contribution < 1.29 is 23.9 Å². The van der Waals surface area contributed by atoms with E-state index in [1.54, 1.807) is 35.8 Å². The van der Waals surface area contributed by atoms with Gasteiger partial charge in [-0.05, 0) is 49.1 Å². The third-order valence-corrected chi connectivity index (χ3v) is 6.83. The number of carbonyl (C=O) groups excluding carboxylic acids is 4. The van der Waals surface area contributed by atoms with Crippen LogP contribution in [0.5, 0.6) is 0 Å². The second kappa shape index (κ2) is 10.3. The van der Waals surface area contributed by atoms with Gasteiger partial charge >= 0.3 is 6.09 Å². The highest BCUT2D eigenvalue weighted by Crippen LogP contribution is 2.33. The fraction of sp³-hybridized carbons (Fsp3) is 0.269. The van der Waals surface area contributed by atoms with Gasteiger partial charge in [0.05, 0.1) is 5.69 Å². The average Bonchev–Trinajstić information content (AvgIpc) is 3.48. The Hall–Kier alpha value is -4.05. The lowest BCUT2D eigenvalue weighted by Gasteiger charge is -2.27. The Kier molecular flexibility index (Phi) is 6.77. The van der Waals surface area contributed by atoms with Gasteiger partial charge in [-0.15, -0.1) is 11.3 Å². The minimum atomic E-state index is -1.01. The van der Waals surface area contributed by atoms with E-state index in [4.69, 9.17) is 4.74 Å². The molecular formula is C26H24N4O5S. The molecule has 184 valence electrons. The monoisotopic (exact) mass is 504 g/mol. The van der Waals surface area contributed by atoms with Crippen LogP contribution in [0.4, 0.5) is 21.3 Å². The molecule has 2 aliphatic rings. The fourth-order valence-electron chi connectivity index (χ4n) is 4.03. The summed E-state index contributed by atoms with van der Waals surface area (Å²) in [6, 6.07) is 14.9. The van der Waals surface area contributed by atoms with Crippen molar-refractivity contribution in [3.63, 3.8) is 0 Å². The largest absolute Gasteiger partial charge is 0.444 e. The highest BCUT2D eigenvalue weighted by molar-refractivity contribution is 7.13. The first-order valence-electron chi connectivity index (χ1n) is 11.7. The van der Waals surface area contributed by atoms with E-state index < -0.39 is 23.9 Å². The lowest BCUT2D eigenvalue weighted by atomic mass is 10.1. The summed E-state index contributed by atoms with van der Waals surface area (Å²) in [6.07, 6.45) is 2.79. The predicted molar refractivity (Wildman–Crippen MR) is 134 cm³/mol.